The van der Waals surface area contributed by atoms with E-state index in [1.807, 2.05) is 10.9 Å². The van der Waals surface area contributed by atoms with Crippen LogP contribution in [0.15, 0.2) is 12.4 Å². The van der Waals surface area contributed by atoms with Crippen molar-refractivity contribution in [2.75, 3.05) is 0 Å². The van der Waals surface area contributed by atoms with E-state index in [2.05, 4.69) is 12.0 Å². The zero-order chi connectivity index (χ0) is 11.1. The molecule has 0 aromatic carbocycles. The average Bonchev–Trinajstić information content (AvgIpc) is 2.66. The summed E-state index contributed by atoms with van der Waals surface area (Å²) in [5, 5.41) is 13.5. The SMILES string of the molecule is CCCCCCCn1cc(C(C)O)cn1. The van der Waals surface area contributed by atoms with Crippen LogP contribution in [0.1, 0.15) is 57.6 Å². The van der Waals surface area contributed by atoms with Gasteiger partial charge in [0.05, 0.1) is 12.3 Å². The van der Waals surface area contributed by atoms with Gasteiger partial charge in [0.25, 0.3) is 0 Å². The lowest BCUT2D eigenvalue weighted by atomic mass is 10.1. The molecule has 3 heteroatoms. The predicted molar refractivity (Wildman–Crippen MR) is 61.6 cm³/mol. The Labute approximate surface area is 92.1 Å². The van der Waals surface area contributed by atoms with E-state index >= 15 is 0 Å². The van der Waals surface area contributed by atoms with Gasteiger partial charge in [-0.05, 0) is 13.3 Å². The van der Waals surface area contributed by atoms with E-state index in [9.17, 15) is 5.11 Å². The van der Waals surface area contributed by atoms with Gasteiger partial charge in [0.15, 0.2) is 0 Å². The van der Waals surface area contributed by atoms with Gasteiger partial charge >= 0.3 is 0 Å². The molecule has 1 atom stereocenters. The van der Waals surface area contributed by atoms with Crippen molar-refractivity contribution in [3.63, 3.8) is 0 Å². The van der Waals surface area contributed by atoms with Gasteiger partial charge in [-0.1, -0.05) is 32.6 Å². The summed E-state index contributed by atoms with van der Waals surface area (Å²) in [7, 11) is 0. The van der Waals surface area contributed by atoms with Crippen LogP contribution in [-0.4, -0.2) is 14.9 Å². The molecule has 0 saturated heterocycles. The summed E-state index contributed by atoms with van der Waals surface area (Å²) in [6.07, 6.45) is 9.67. The fourth-order valence-electron chi connectivity index (χ4n) is 1.59. The summed E-state index contributed by atoms with van der Waals surface area (Å²) in [6.45, 7) is 4.96. The number of aryl methyl sites for hydroxylation is 1. The summed E-state index contributed by atoms with van der Waals surface area (Å²) in [6, 6.07) is 0. The Balaban J connectivity index is 2.20. The molecule has 1 aromatic heterocycles. The van der Waals surface area contributed by atoms with Crippen molar-refractivity contribution in [1.29, 1.82) is 0 Å². The summed E-state index contributed by atoms with van der Waals surface area (Å²) >= 11 is 0. The maximum Gasteiger partial charge on any atom is 0.0792 e. The number of rotatable bonds is 7. The van der Waals surface area contributed by atoms with E-state index in [0.29, 0.717) is 0 Å². The van der Waals surface area contributed by atoms with Gasteiger partial charge in [0.2, 0.25) is 0 Å². The molecule has 0 fully saturated rings. The Morgan fingerprint density at radius 2 is 2.07 bits per heavy atom. The summed E-state index contributed by atoms with van der Waals surface area (Å²) < 4.78 is 1.92. The molecule has 0 aliphatic carbocycles. The first-order chi connectivity index (χ1) is 7.24. The lowest BCUT2D eigenvalue weighted by Crippen LogP contribution is -1.98. The Morgan fingerprint density at radius 3 is 2.67 bits per heavy atom. The second-order valence-electron chi connectivity index (χ2n) is 4.13. The fourth-order valence-corrected chi connectivity index (χ4v) is 1.59. The monoisotopic (exact) mass is 210 g/mol. The van der Waals surface area contributed by atoms with Gasteiger partial charge in [-0.3, -0.25) is 4.68 Å². The molecule has 0 radical (unpaired) electrons. The number of aliphatic hydroxyl groups excluding tert-OH is 1. The van der Waals surface area contributed by atoms with Gasteiger partial charge in [0.1, 0.15) is 0 Å². The third-order valence-electron chi connectivity index (χ3n) is 2.63. The molecule has 1 aromatic rings. The normalized spacial score (nSPS) is 13.0. The lowest BCUT2D eigenvalue weighted by molar-refractivity contribution is 0.199. The molecule has 0 aliphatic rings. The van der Waals surface area contributed by atoms with Crippen molar-refractivity contribution in [3.05, 3.63) is 18.0 Å². The van der Waals surface area contributed by atoms with Gasteiger partial charge in [0, 0.05) is 18.3 Å². The molecule has 1 unspecified atom stereocenters. The Kier molecular flexibility index (Phi) is 5.40. The summed E-state index contributed by atoms with van der Waals surface area (Å²) in [5.41, 5.74) is 0.906. The molecular weight excluding hydrogens is 188 g/mol. The van der Waals surface area contributed by atoms with E-state index in [-0.39, 0.29) is 0 Å². The maximum atomic E-state index is 9.33. The second kappa shape index (κ2) is 6.62. The van der Waals surface area contributed by atoms with Crippen LogP contribution in [-0.2, 0) is 6.54 Å². The molecule has 0 saturated carbocycles. The van der Waals surface area contributed by atoms with Crippen LogP contribution >= 0.6 is 0 Å². The molecule has 0 spiro atoms. The number of aliphatic hydroxyl groups is 1. The maximum absolute atomic E-state index is 9.33. The fraction of sp³-hybridized carbons (Fsp3) is 0.750. The summed E-state index contributed by atoms with van der Waals surface area (Å²) in [5.74, 6) is 0. The van der Waals surface area contributed by atoms with Crippen LogP contribution in [0.4, 0.5) is 0 Å². The first kappa shape index (κ1) is 12.2. The minimum absolute atomic E-state index is 0.404. The molecule has 0 aliphatic heterocycles. The highest BCUT2D eigenvalue weighted by atomic mass is 16.3. The smallest absolute Gasteiger partial charge is 0.0792 e. The van der Waals surface area contributed by atoms with Crippen molar-refractivity contribution in [2.45, 2.75) is 58.6 Å². The van der Waals surface area contributed by atoms with Crippen LogP contribution in [0.25, 0.3) is 0 Å². The van der Waals surface area contributed by atoms with E-state index < -0.39 is 6.10 Å². The first-order valence-corrected chi connectivity index (χ1v) is 5.94. The molecule has 0 bridgehead atoms. The number of nitrogens with zero attached hydrogens (tertiary/aromatic N) is 2. The van der Waals surface area contributed by atoms with Crippen molar-refractivity contribution in [2.24, 2.45) is 0 Å². The minimum Gasteiger partial charge on any atom is -0.389 e. The standard InChI is InChI=1S/C12H22N2O/c1-3-4-5-6-7-8-14-10-12(9-13-14)11(2)15/h9-11,15H,3-8H2,1-2H3. The molecule has 1 heterocycles. The Morgan fingerprint density at radius 1 is 1.33 bits per heavy atom. The van der Waals surface area contributed by atoms with Gasteiger partial charge in [-0.25, -0.2) is 0 Å². The Hall–Kier alpha value is -0.830. The highest BCUT2D eigenvalue weighted by Crippen LogP contribution is 2.10. The van der Waals surface area contributed by atoms with Crippen molar-refractivity contribution in [3.8, 4) is 0 Å². The largest absolute Gasteiger partial charge is 0.389 e. The van der Waals surface area contributed by atoms with Crippen molar-refractivity contribution >= 4 is 0 Å². The van der Waals surface area contributed by atoms with Crippen molar-refractivity contribution in [1.82, 2.24) is 9.78 Å². The first-order valence-electron chi connectivity index (χ1n) is 5.94. The van der Waals surface area contributed by atoms with E-state index in [0.717, 1.165) is 12.1 Å². The van der Waals surface area contributed by atoms with Gasteiger partial charge < -0.3 is 5.11 Å². The van der Waals surface area contributed by atoms with Crippen LogP contribution in [0, 0.1) is 0 Å². The predicted octanol–water partition coefficient (Wildman–Crippen LogP) is 2.91. The molecule has 15 heavy (non-hydrogen) atoms. The highest BCUT2D eigenvalue weighted by molar-refractivity contribution is 5.06. The van der Waals surface area contributed by atoms with Crippen LogP contribution in [0.2, 0.25) is 0 Å². The Bertz CT molecular complexity index is 268. The lowest BCUT2D eigenvalue weighted by Gasteiger charge is -2.01. The third-order valence-corrected chi connectivity index (χ3v) is 2.63. The van der Waals surface area contributed by atoms with Gasteiger partial charge in [-0.2, -0.15) is 5.10 Å². The molecule has 0 amide bonds. The zero-order valence-electron chi connectivity index (χ0n) is 9.82. The third kappa shape index (κ3) is 4.47. The van der Waals surface area contributed by atoms with E-state index in [1.165, 1.54) is 32.1 Å². The highest BCUT2D eigenvalue weighted by Gasteiger charge is 2.03. The molecule has 86 valence electrons. The van der Waals surface area contributed by atoms with Crippen LogP contribution in [0.3, 0.4) is 0 Å². The number of hydrogen-bond donors (Lipinski definition) is 1. The van der Waals surface area contributed by atoms with Crippen molar-refractivity contribution < 1.29 is 5.11 Å². The van der Waals surface area contributed by atoms with E-state index in [4.69, 9.17) is 0 Å². The topological polar surface area (TPSA) is 38.0 Å². The number of aromatic nitrogens is 2. The second-order valence-corrected chi connectivity index (χ2v) is 4.13. The molecule has 1 rings (SSSR count). The van der Waals surface area contributed by atoms with Gasteiger partial charge in [-0.15, -0.1) is 0 Å². The summed E-state index contributed by atoms with van der Waals surface area (Å²) in [4.78, 5) is 0. The molecule has 1 N–H and O–H groups in total. The minimum atomic E-state index is -0.404. The van der Waals surface area contributed by atoms with E-state index in [1.54, 1.807) is 13.1 Å². The zero-order valence-corrected chi connectivity index (χ0v) is 9.82. The average molecular weight is 210 g/mol. The number of hydrogen-bond acceptors (Lipinski definition) is 2. The number of unbranched alkanes of at least 4 members (excludes halogenated alkanes) is 4. The molecule has 3 nitrogen and oxygen atoms in total. The van der Waals surface area contributed by atoms with Crippen LogP contribution in [0.5, 0.6) is 0 Å². The quantitative estimate of drug-likeness (QED) is 0.703. The molecular formula is C12H22N2O. The van der Waals surface area contributed by atoms with Crippen LogP contribution < -0.4 is 0 Å².